The quantitative estimate of drug-likeness (QED) is 0.617. The van der Waals surface area contributed by atoms with Gasteiger partial charge in [0, 0.05) is 24.7 Å². The van der Waals surface area contributed by atoms with Crippen LogP contribution >= 0.6 is 0 Å². The zero-order valence-corrected chi connectivity index (χ0v) is 8.88. The predicted molar refractivity (Wildman–Crippen MR) is 53.9 cm³/mol. The summed E-state index contributed by atoms with van der Waals surface area (Å²) in [5, 5.41) is 0. The van der Waals surface area contributed by atoms with Crippen LogP contribution in [0, 0.1) is 0 Å². The van der Waals surface area contributed by atoms with Gasteiger partial charge in [-0.1, -0.05) is 0 Å². The first-order valence-corrected chi connectivity index (χ1v) is 5.59. The first-order chi connectivity index (χ1) is 6.25. The second-order valence-corrected chi connectivity index (χ2v) is 4.73. The van der Waals surface area contributed by atoms with E-state index < -0.39 is 0 Å². The maximum absolute atomic E-state index is 5.56. The van der Waals surface area contributed by atoms with Crippen molar-refractivity contribution in [2.24, 2.45) is 0 Å². The van der Waals surface area contributed by atoms with Crippen molar-refractivity contribution in [3.8, 4) is 0 Å². The van der Waals surface area contributed by atoms with E-state index >= 15 is 0 Å². The van der Waals surface area contributed by atoms with Crippen LogP contribution in [0.25, 0.3) is 0 Å². The molecule has 2 fully saturated rings. The van der Waals surface area contributed by atoms with Gasteiger partial charge >= 0.3 is 0 Å². The van der Waals surface area contributed by atoms with Crippen LogP contribution in [0.3, 0.4) is 0 Å². The molecular weight excluding hydrogens is 162 g/mol. The molecule has 0 unspecified atom stereocenters. The summed E-state index contributed by atoms with van der Waals surface area (Å²) < 4.78 is 5.56. The SMILES string of the molecule is CC(C)N1CCOCCC12CCC2. The average Bonchev–Trinajstić information content (AvgIpc) is 2.23. The van der Waals surface area contributed by atoms with Gasteiger partial charge in [0.1, 0.15) is 0 Å². The minimum Gasteiger partial charge on any atom is -0.380 e. The molecule has 0 aromatic carbocycles. The fourth-order valence-electron chi connectivity index (χ4n) is 2.84. The molecule has 2 rings (SSSR count). The van der Waals surface area contributed by atoms with Gasteiger partial charge in [-0.2, -0.15) is 0 Å². The lowest BCUT2D eigenvalue weighted by Crippen LogP contribution is -2.56. The molecule has 0 N–H and O–H groups in total. The summed E-state index contributed by atoms with van der Waals surface area (Å²) in [4.78, 5) is 2.67. The summed E-state index contributed by atoms with van der Waals surface area (Å²) >= 11 is 0. The molecule has 0 aromatic heterocycles. The van der Waals surface area contributed by atoms with Crippen molar-refractivity contribution < 1.29 is 4.74 Å². The Bertz CT molecular complexity index is 175. The van der Waals surface area contributed by atoms with E-state index in [0.29, 0.717) is 11.6 Å². The number of nitrogens with zero attached hydrogens (tertiary/aromatic N) is 1. The monoisotopic (exact) mass is 183 g/mol. The third-order valence-corrected chi connectivity index (χ3v) is 3.71. The van der Waals surface area contributed by atoms with E-state index in [1.807, 2.05) is 0 Å². The Labute approximate surface area is 81.3 Å². The first kappa shape index (κ1) is 9.47. The van der Waals surface area contributed by atoms with E-state index in [1.165, 1.54) is 25.7 Å². The molecule has 1 heterocycles. The van der Waals surface area contributed by atoms with E-state index in [4.69, 9.17) is 4.74 Å². The fraction of sp³-hybridized carbons (Fsp3) is 1.00. The maximum atomic E-state index is 5.56. The molecule has 1 aliphatic carbocycles. The molecular formula is C11H21NO. The molecule has 2 aliphatic rings. The molecule has 0 radical (unpaired) electrons. The minimum atomic E-state index is 0.532. The van der Waals surface area contributed by atoms with Crippen molar-refractivity contribution in [3.05, 3.63) is 0 Å². The second-order valence-electron chi connectivity index (χ2n) is 4.73. The van der Waals surface area contributed by atoms with Gasteiger partial charge in [-0.3, -0.25) is 4.90 Å². The number of hydrogen-bond acceptors (Lipinski definition) is 2. The number of hydrogen-bond donors (Lipinski definition) is 0. The van der Waals surface area contributed by atoms with Crippen LogP contribution < -0.4 is 0 Å². The number of ether oxygens (including phenoxy) is 1. The van der Waals surface area contributed by atoms with Crippen LogP contribution in [0.2, 0.25) is 0 Å². The fourth-order valence-corrected chi connectivity index (χ4v) is 2.84. The van der Waals surface area contributed by atoms with E-state index in [-0.39, 0.29) is 0 Å². The molecule has 0 bridgehead atoms. The Morgan fingerprint density at radius 2 is 1.92 bits per heavy atom. The van der Waals surface area contributed by atoms with Crippen LogP contribution in [-0.2, 0) is 4.74 Å². The van der Waals surface area contributed by atoms with Crippen molar-refractivity contribution in [2.45, 2.75) is 51.1 Å². The molecule has 0 aromatic rings. The molecule has 0 amide bonds. The van der Waals surface area contributed by atoms with Crippen LogP contribution in [-0.4, -0.2) is 36.2 Å². The Balaban J connectivity index is 2.09. The molecule has 0 atom stereocenters. The smallest absolute Gasteiger partial charge is 0.0593 e. The van der Waals surface area contributed by atoms with Crippen LogP contribution in [0.1, 0.15) is 39.5 Å². The Hall–Kier alpha value is -0.0800. The molecule has 2 nitrogen and oxygen atoms in total. The summed E-state index contributed by atoms with van der Waals surface area (Å²) in [7, 11) is 0. The van der Waals surface area contributed by atoms with E-state index in [1.54, 1.807) is 0 Å². The largest absolute Gasteiger partial charge is 0.380 e. The molecule has 2 heteroatoms. The highest BCUT2D eigenvalue weighted by molar-refractivity contribution is 4.99. The van der Waals surface area contributed by atoms with Gasteiger partial charge in [-0.05, 0) is 39.5 Å². The molecule has 1 saturated carbocycles. The van der Waals surface area contributed by atoms with Gasteiger partial charge < -0.3 is 4.74 Å². The van der Waals surface area contributed by atoms with Gasteiger partial charge in [0.25, 0.3) is 0 Å². The highest BCUT2D eigenvalue weighted by Gasteiger charge is 2.43. The van der Waals surface area contributed by atoms with Crippen LogP contribution in [0.5, 0.6) is 0 Å². The normalized spacial score (nSPS) is 28.8. The zero-order chi connectivity index (χ0) is 9.31. The number of rotatable bonds is 1. The minimum absolute atomic E-state index is 0.532. The predicted octanol–water partition coefficient (Wildman–Crippen LogP) is 2.04. The van der Waals surface area contributed by atoms with Crippen molar-refractivity contribution in [3.63, 3.8) is 0 Å². The molecule has 1 saturated heterocycles. The van der Waals surface area contributed by atoms with Gasteiger partial charge in [0.05, 0.1) is 6.61 Å². The summed E-state index contributed by atoms with van der Waals surface area (Å²) in [6.45, 7) is 7.66. The first-order valence-electron chi connectivity index (χ1n) is 5.59. The molecule has 1 aliphatic heterocycles. The van der Waals surface area contributed by atoms with Crippen LogP contribution in [0.15, 0.2) is 0 Å². The standard InChI is InChI=1S/C11H21NO/c1-10(2)12-7-9-13-8-6-11(12)4-3-5-11/h10H,3-9H2,1-2H3. The lowest BCUT2D eigenvalue weighted by molar-refractivity contribution is -0.00284. The van der Waals surface area contributed by atoms with E-state index in [9.17, 15) is 0 Å². The highest BCUT2D eigenvalue weighted by atomic mass is 16.5. The summed E-state index contributed by atoms with van der Waals surface area (Å²) in [5.41, 5.74) is 0.532. The van der Waals surface area contributed by atoms with E-state index in [0.717, 1.165) is 19.8 Å². The highest BCUT2D eigenvalue weighted by Crippen LogP contribution is 2.42. The van der Waals surface area contributed by atoms with Crippen molar-refractivity contribution >= 4 is 0 Å². The summed E-state index contributed by atoms with van der Waals surface area (Å²) in [6.07, 6.45) is 5.47. The third kappa shape index (κ3) is 1.62. The van der Waals surface area contributed by atoms with Crippen molar-refractivity contribution in [1.29, 1.82) is 0 Å². The lowest BCUT2D eigenvalue weighted by atomic mass is 9.72. The molecule has 76 valence electrons. The topological polar surface area (TPSA) is 12.5 Å². The van der Waals surface area contributed by atoms with Gasteiger partial charge in [-0.25, -0.2) is 0 Å². The second kappa shape index (κ2) is 3.58. The van der Waals surface area contributed by atoms with Gasteiger partial charge in [-0.15, -0.1) is 0 Å². The zero-order valence-electron chi connectivity index (χ0n) is 8.88. The Morgan fingerprint density at radius 3 is 2.46 bits per heavy atom. The third-order valence-electron chi connectivity index (χ3n) is 3.71. The maximum Gasteiger partial charge on any atom is 0.0593 e. The van der Waals surface area contributed by atoms with Gasteiger partial charge in [0.2, 0.25) is 0 Å². The van der Waals surface area contributed by atoms with Crippen molar-refractivity contribution in [2.75, 3.05) is 19.8 Å². The Morgan fingerprint density at radius 1 is 1.15 bits per heavy atom. The lowest BCUT2D eigenvalue weighted by Gasteiger charge is -2.51. The van der Waals surface area contributed by atoms with Crippen molar-refractivity contribution in [1.82, 2.24) is 4.90 Å². The average molecular weight is 183 g/mol. The summed E-state index contributed by atoms with van der Waals surface area (Å²) in [5.74, 6) is 0. The van der Waals surface area contributed by atoms with E-state index in [2.05, 4.69) is 18.7 Å². The molecule has 13 heavy (non-hydrogen) atoms. The Kier molecular flexibility index (Phi) is 2.61. The summed E-state index contributed by atoms with van der Waals surface area (Å²) in [6, 6.07) is 0.682. The molecule has 1 spiro atoms. The van der Waals surface area contributed by atoms with Gasteiger partial charge in [0.15, 0.2) is 0 Å². The van der Waals surface area contributed by atoms with Crippen LogP contribution in [0.4, 0.5) is 0 Å².